The molecule has 1 heterocycles. The molecule has 0 amide bonds. The molecule has 0 spiro atoms. The molecule has 0 saturated carbocycles. The highest BCUT2D eigenvalue weighted by atomic mass is 35.5. The summed E-state index contributed by atoms with van der Waals surface area (Å²) in [5.41, 5.74) is 8.70. The first kappa shape index (κ1) is 11.9. The van der Waals surface area contributed by atoms with E-state index < -0.39 is 0 Å². The molecule has 4 heteroatoms. The molecule has 19 heavy (non-hydrogen) atoms. The van der Waals surface area contributed by atoms with Crippen molar-refractivity contribution in [1.29, 1.82) is 0 Å². The standard InChI is InChI=1S/C15H13ClN2O/c16-11-1-4-13(5-2-11)19-9-10-8-18-15-6-3-12(17)7-14(10)15/h1-8,18H,9,17H2. The maximum Gasteiger partial charge on any atom is 0.119 e. The molecule has 0 aliphatic heterocycles. The van der Waals surface area contributed by atoms with Gasteiger partial charge in [0, 0.05) is 33.4 Å². The first-order chi connectivity index (χ1) is 9.22. The molecular weight excluding hydrogens is 260 g/mol. The number of anilines is 1. The smallest absolute Gasteiger partial charge is 0.119 e. The van der Waals surface area contributed by atoms with E-state index in [9.17, 15) is 0 Å². The number of ether oxygens (including phenoxy) is 1. The normalized spacial score (nSPS) is 10.8. The van der Waals surface area contributed by atoms with Crippen LogP contribution in [0, 0.1) is 0 Å². The molecule has 2 aromatic carbocycles. The number of hydrogen-bond acceptors (Lipinski definition) is 2. The van der Waals surface area contributed by atoms with Gasteiger partial charge in [-0.1, -0.05) is 11.6 Å². The second-order valence-electron chi connectivity index (χ2n) is 4.36. The minimum Gasteiger partial charge on any atom is -0.489 e. The molecule has 3 N–H and O–H groups in total. The van der Waals surface area contributed by atoms with Crippen molar-refractivity contribution in [2.24, 2.45) is 0 Å². The highest BCUT2D eigenvalue weighted by Crippen LogP contribution is 2.23. The zero-order valence-corrected chi connectivity index (χ0v) is 10.9. The number of nitrogen functional groups attached to an aromatic ring is 1. The largest absolute Gasteiger partial charge is 0.489 e. The van der Waals surface area contributed by atoms with Gasteiger partial charge in [-0.25, -0.2) is 0 Å². The van der Waals surface area contributed by atoms with Gasteiger partial charge in [-0.2, -0.15) is 0 Å². The molecule has 0 unspecified atom stereocenters. The molecule has 0 atom stereocenters. The lowest BCUT2D eigenvalue weighted by Gasteiger charge is -2.05. The van der Waals surface area contributed by atoms with Gasteiger partial charge < -0.3 is 15.5 Å². The number of benzene rings is 2. The maximum absolute atomic E-state index is 5.83. The second-order valence-corrected chi connectivity index (χ2v) is 4.80. The molecule has 3 rings (SSSR count). The van der Waals surface area contributed by atoms with Crippen LogP contribution < -0.4 is 10.5 Å². The van der Waals surface area contributed by atoms with Gasteiger partial charge in [-0.05, 0) is 42.5 Å². The van der Waals surface area contributed by atoms with Crippen molar-refractivity contribution in [2.45, 2.75) is 6.61 Å². The van der Waals surface area contributed by atoms with Crippen molar-refractivity contribution in [1.82, 2.24) is 4.98 Å². The number of H-pyrrole nitrogens is 1. The average Bonchev–Trinajstić information content (AvgIpc) is 2.80. The van der Waals surface area contributed by atoms with E-state index in [0.717, 1.165) is 27.9 Å². The van der Waals surface area contributed by atoms with Crippen molar-refractivity contribution in [3.05, 3.63) is 59.2 Å². The molecule has 1 aromatic heterocycles. The summed E-state index contributed by atoms with van der Waals surface area (Å²) in [7, 11) is 0. The number of halogens is 1. The Hall–Kier alpha value is -2.13. The molecule has 3 nitrogen and oxygen atoms in total. The van der Waals surface area contributed by atoms with Gasteiger partial charge in [0.15, 0.2) is 0 Å². The van der Waals surface area contributed by atoms with Gasteiger partial charge in [0.05, 0.1) is 0 Å². The van der Waals surface area contributed by atoms with Crippen LogP contribution in [-0.4, -0.2) is 4.98 Å². The fraction of sp³-hybridized carbons (Fsp3) is 0.0667. The molecule has 0 saturated heterocycles. The van der Waals surface area contributed by atoms with E-state index in [4.69, 9.17) is 22.1 Å². The Morgan fingerprint density at radius 1 is 1.11 bits per heavy atom. The lowest BCUT2D eigenvalue weighted by molar-refractivity contribution is 0.307. The topological polar surface area (TPSA) is 51.0 Å². The molecule has 96 valence electrons. The summed E-state index contributed by atoms with van der Waals surface area (Å²) in [5, 5.41) is 1.79. The van der Waals surface area contributed by atoms with Crippen molar-refractivity contribution in [3.8, 4) is 5.75 Å². The van der Waals surface area contributed by atoms with Crippen LogP contribution >= 0.6 is 11.6 Å². The van der Waals surface area contributed by atoms with E-state index >= 15 is 0 Å². The van der Waals surface area contributed by atoms with Crippen LogP contribution in [0.4, 0.5) is 5.69 Å². The lowest BCUT2D eigenvalue weighted by Crippen LogP contribution is -1.94. The van der Waals surface area contributed by atoms with Crippen LogP contribution in [0.25, 0.3) is 10.9 Å². The third-order valence-electron chi connectivity index (χ3n) is 3.00. The Balaban J connectivity index is 1.81. The molecule has 0 aliphatic rings. The fourth-order valence-corrected chi connectivity index (χ4v) is 2.13. The summed E-state index contributed by atoms with van der Waals surface area (Å²) in [4.78, 5) is 3.20. The predicted octanol–water partition coefficient (Wildman–Crippen LogP) is 3.98. The van der Waals surface area contributed by atoms with E-state index in [0.29, 0.717) is 11.6 Å². The summed E-state index contributed by atoms with van der Waals surface area (Å²) in [5.74, 6) is 0.794. The van der Waals surface area contributed by atoms with Crippen LogP contribution in [0.5, 0.6) is 5.75 Å². The van der Waals surface area contributed by atoms with Crippen molar-refractivity contribution >= 4 is 28.2 Å². The number of rotatable bonds is 3. The number of aromatic nitrogens is 1. The van der Waals surface area contributed by atoms with E-state index in [1.807, 2.05) is 48.7 Å². The maximum atomic E-state index is 5.83. The van der Waals surface area contributed by atoms with Crippen molar-refractivity contribution < 1.29 is 4.74 Å². The molecule has 3 aromatic rings. The molecule has 0 bridgehead atoms. The summed E-state index contributed by atoms with van der Waals surface area (Å²) in [6.07, 6.45) is 1.94. The minimum absolute atomic E-state index is 0.491. The first-order valence-electron chi connectivity index (χ1n) is 5.96. The first-order valence-corrected chi connectivity index (χ1v) is 6.34. The summed E-state index contributed by atoms with van der Waals surface area (Å²) in [6, 6.07) is 13.1. The Morgan fingerprint density at radius 2 is 1.89 bits per heavy atom. The van der Waals surface area contributed by atoms with E-state index in [1.54, 1.807) is 0 Å². The summed E-state index contributed by atoms with van der Waals surface area (Å²) < 4.78 is 5.73. The fourth-order valence-electron chi connectivity index (χ4n) is 2.01. The van der Waals surface area contributed by atoms with E-state index in [-0.39, 0.29) is 0 Å². The van der Waals surface area contributed by atoms with Crippen LogP contribution in [0.2, 0.25) is 5.02 Å². The lowest BCUT2D eigenvalue weighted by atomic mass is 10.1. The highest BCUT2D eigenvalue weighted by Gasteiger charge is 2.05. The molecule has 0 aliphatic carbocycles. The predicted molar refractivity (Wildman–Crippen MR) is 78.5 cm³/mol. The van der Waals surface area contributed by atoms with Gasteiger partial charge in [0.1, 0.15) is 12.4 Å². The third kappa shape index (κ3) is 2.51. The van der Waals surface area contributed by atoms with Crippen molar-refractivity contribution in [3.63, 3.8) is 0 Å². The van der Waals surface area contributed by atoms with Gasteiger partial charge >= 0.3 is 0 Å². The highest BCUT2D eigenvalue weighted by molar-refractivity contribution is 6.30. The third-order valence-corrected chi connectivity index (χ3v) is 3.25. The molecule has 0 fully saturated rings. The number of hydrogen-bond donors (Lipinski definition) is 2. The number of nitrogens with two attached hydrogens (primary N) is 1. The zero-order chi connectivity index (χ0) is 13.2. The molecule has 0 radical (unpaired) electrons. The number of fused-ring (bicyclic) bond motifs is 1. The number of aromatic amines is 1. The van der Waals surface area contributed by atoms with E-state index in [2.05, 4.69) is 4.98 Å². The van der Waals surface area contributed by atoms with E-state index in [1.165, 1.54) is 0 Å². The van der Waals surface area contributed by atoms with Gasteiger partial charge in [0.2, 0.25) is 0 Å². The Labute approximate surface area is 116 Å². The summed E-state index contributed by atoms with van der Waals surface area (Å²) >= 11 is 5.83. The zero-order valence-electron chi connectivity index (χ0n) is 10.2. The minimum atomic E-state index is 0.491. The van der Waals surface area contributed by atoms with Crippen LogP contribution in [0.3, 0.4) is 0 Å². The Bertz CT molecular complexity index is 704. The Morgan fingerprint density at radius 3 is 2.68 bits per heavy atom. The SMILES string of the molecule is Nc1ccc2[nH]cc(COc3ccc(Cl)cc3)c2c1. The Kier molecular flexibility index (Phi) is 3.05. The van der Waals surface area contributed by atoms with Gasteiger partial charge in [-0.3, -0.25) is 0 Å². The second kappa shape index (κ2) is 4.86. The monoisotopic (exact) mass is 272 g/mol. The summed E-state index contributed by atoms with van der Waals surface area (Å²) in [6.45, 7) is 0.491. The van der Waals surface area contributed by atoms with Crippen LogP contribution in [0.1, 0.15) is 5.56 Å². The van der Waals surface area contributed by atoms with Crippen LogP contribution in [0.15, 0.2) is 48.7 Å². The number of nitrogens with one attached hydrogen (secondary N) is 1. The quantitative estimate of drug-likeness (QED) is 0.709. The van der Waals surface area contributed by atoms with Crippen molar-refractivity contribution in [2.75, 3.05) is 5.73 Å². The van der Waals surface area contributed by atoms with Gasteiger partial charge in [-0.15, -0.1) is 0 Å². The van der Waals surface area contributed by atoms with Crippen LogP contribution in [-0.2, 0) is 6.61 Å². The average molecular weight is 273 g/mol. The van der Waals surface area contributed by atoms with Gasteiger partial charge in [0.25, 0.3) is 0 Å². The molecular formula is C15H13ClN2O.